The lowest BCUT2D eigenvalue weighted by Crippen LogP contribution is -2.16. The van der Waals surface area contributed by atoms with Gasteiger partial charge in [-0.25, -0.2) is 9.97 Å². The SMILES string of the molecule is CC(C)Cn1cc(Nc2nc(C(C)(C)C)nc3cn[nH]c23)cn1. The standard InChI is InChI=1S/C16H23N7/c1-10(2)8-23-9-11(6-18-23)19-14-13-12(7-17-22-13)20-15(21-14)16(3,4)5/h6-7,9-10H,8H2,1-5H3,(H,17,22)(H,19,20,21). The van der Waals surface area contributed by atoms with Gasteiger partial charge >= 0.3 is 0 Å². The smallest absolute Gasteiger partial charge is 0.160 e. The Hall–Kier alpha value is -2.44. The highest BCUT2D eigenvalue weighted by Gasteiger charge is 2.20. The van der Waals surface area contributed by atoms with Crippen LogP contribution in [-0.2, 0) is 12.0 Å². The van der Waals surface area contributed by atoms with Gasteiger partial charge in [0.05, 0.1) is 18.1 Å². The maximum absolute atomic E-state index is 4.68. The average molecular weight is 313 g/mol. The minimum atomic E-state index is -0.135. The minimum Gasteiger partial charge on any atom is -0.336 e. The third kappa shape index (κ3) is 3.33. The van der Waals surface area contributed by atoms with E-state index in [2.05, 4.69) is 65.2 Å². The van der Waals surface area contributed by atoms with E-state index < -0.39 is 0 Å². The molecule has 23 heavy (non-hydrogen) atoms. The number of aromatic nitrogens is 6. The molecule has 7 heteroatoms. The lowest BCUT2D eigenvalue weighted by Gasteiger charge is -2.17. The summed E-state index contributed by atoms with van der Waals surface area (Å²) in [4.78, 5) is 9.27. The molecule has 0 aliphatic rings. The maximum atomic E-state index is 4.68. The van der Waals surface area contributed by atoms with E-state index in [1.165, 1.54) is 0 Å². The minimum absolute atomic E-state index is 0.135. The van der Waals surface area contributed by atoms with Gasteiger partial charge in [-0.15, -0.1) is 0 Å². The van der Waals surface area contributed by atoms with E-state index in [-0.39, 0.29) is 5.41 Å². The van der Waals surface area contributed by atoms with E-state index in [9.17, 15) is 0 Å². The van der Waals surface area contributed by atoms with Crippen LogP contribution in [0.25, 0.3) is 11.0 Å². The molecule has 0 fully saturated rings. The molecular weight excluding hydrogens is 290 g/mol. The summed E-state index contributed by atoms with van der Waals surface area (Å²) in [7, 11) is 0. The first kappa shape index (κ1) is 15.5. The van der Waals surface area contributed by atoms with E-state index in [0.717, 1.165) is 34.9 Å². The fourth-order valence-electron chi connectivity index (χ4n) is 2.30. The van der Waals surface area contributed by atoms with Crippen molar-refractivity contribution >= 4 is 22.5 Å². The zero-order valence-corrected chi connectivity index (χ0v) is 14.3. The van der Waals surface area contributed by atoms with Crippen LogP contribution in [0.15, 0.2) is 18.6 Å². The third-order valence-electron chi connectivity index (χ3n) is 3.42. The number of rotatable bonds is 4. The van der Waals surface area contributed by atoms with Gasteiger partial charge in [-0.3, -0.25) is 9.78 Å². The molecule has 7 nitrogen and oxygen atoms in total. The molecule has 0 saturated carbocycles. The Balaban J connectivity index is 1.95. The Kier molecular flexibility index (Phi) is 3.79. The number of aromatic amines is 1. The van der Waals surface area contributed by atoms with E-state index in [1.54, 1.807) is 6.20 Å². The number of nitrogens with one attached hydrogen (secondary N) is 2. The monoisotopic (exact) mass is 313 g/mol. The Morgan fingerprint density at radius 3 is 2.70 bits per heavy atom. The fourth-order valence-corrected chi connectivity index (χ4v) is 2.30. The molecule has 3 aromatic rings. The fraction of sp³-hybridized carbons (Fsp3) is 0.500. The summed E-state index contributed by atoms with van der Waals surface area (Å²) in [6.45, 7) is 11.5. The molecule has 0 radical (unpaired) electrons. The lowest BCUT2D eigenvalue weighted by molar-refractivity contribution is 0.483. The van der Waals surface area contributed by atoms with Gasteiger partial charge in [0.25, 0.3) is 0 Å². The van der Waals surface area contributed by atoms with Crippen molar-refractivity contribution < 1.29 is 0 Å². The largest absolute Gasteiger partial charge is 0.336 e. The molecule has 0 aliphatic heterocycles. The summed E-state index contributed by atoms with van der Waals surface area (Å²) in [5.41, 5.74) is 2.38. The van der Waals surface area contributed by atoms with Crippen LogP contribution in [-0.4, -0.2) is 29.9 Å². The summed E-state index contributed by atoms with van der Waals surface area (Å²) in [5, 5.41) is 14.8. The zero-order valence-electron chi connectivity index (χ0n) is 14.3. The summed E-state index contributed by atoms with van der Waals surface area (Å²) < 4.78 is 1.93. The molecular formula is C16H23N7. The number of H-pyrrole nitrogens is 1. The quantitative estimate of drug-likeness (QED) is 0.772. The van der Waals surface area contributed by atoms with Gasteiger partial charge in [-0.05, 0) is 5.92 Å². The molecule has 0 saturated heterocycles. The van der Waals surface area contributed by atoms with Crippen molar-refractivity contribution in [1.82, 2.24) is 29.9 Å². The van der Waals surface area contributed by atoms with Crippen LogP contribution in [0.5, 0.6) is 0 Å². The van der Waals surface area contributed by atoms with Crippen molar-refractivity contribution in [3.63, 3.8) is 0 Å². The van der Waals surface area contributed by atoms with Crippen molar-refractivity contribution in [2.45, 2.75) is 46.6 Å². The Bertz CT molecular complexity index is 807. The molecule has 122 valence electrons. The molecule has 2 N–H and O–H groups in total. The normalized spacial score (nSPS) is 12.3. The molecule has 0 aliphatic carbocycles. The predicted octanol–water partition coefficient (Wildman–Crippen LogP) is 3.25. The summed E-state index contributed by atoms with van der Waals surface area (Å²) in [5.74, 6) is 2.05. The molecule has 0 unspecified atom stereocenters. The van der Waals surface area contributed by atoms with Crippen LogP contribution in [0.2, 0.25) is 0 Å². The lowest BCUT2D eigenvalue weighted by atomic mass is 9.95. The van der Waals surface area contributed by atoms with E-state index in [0.29, 0.717) is 5.92 Å². The molecule has 3 rings (SSSR count). The molecule has 3 aromatic heterocycles. The molecule has 3 heterocycles. The topological polar surface area (TPSA) is 84.3 Å². The van der Waals surface area contributed by atoms with Gasteiger partial charge in [0.15, 0.2) is 5.82 Å². The highest BCUT2D eigenvalue weighted by Crippen LogP contribution is 2.26. The Labute approximate surface area is 135 Å². The van der Waals surface area contributed by atoms with Crippen LogP contribution >= 0.6 is 0 Å². The average Bonchev–Trinajstić information content (AvgIpc) is 3.06. The van der Waals surface area contributed by atoms with Gasteiger partial charge in [-0.2, -0.15) is 10.2 Å². The van der Waals surface area contributed by atoms with Gasteiger partial charge in [-0.1, -0.05) is 34.6 Å². The molecule has 0 amide bonds. The second-order valence-electron chi connectivity index (χ2n) is 7.25. The third-order valence-corrected chi connectivity index (χ3v) is 3.42. The number of hydrogen-bond donors (Lipinski definition) is 2. The number of fused-ring (bicyclic) bond motifs is 1. The molecule has 0 bridgehead atoms. The number of anilines is 2. The molecule has 0 spiro atoms. The number of hydrogen-bond acceptors (Lipinski definition) is 5. The highest BCUT2D eigenvalue weighted by atomic mass is 15.3. The van der Waals surface area contributed by atoms with Crippen LogP contribution in [0, 0.1) is 5.92 Å². The zero-order chi connectivity index (χ0) is 16.6. The van der Waals surface area contributed by atoms with E-state index in [1.807, 2.05) is 17.1 Å². The van der Waals surface area contributed by atoms with Crippen molar-refractivity contribution in [2.24, 2.45) is 5.92 Å². The van der Waals surface area contributed by atoms with Crippen molar-refractivity contribution in [2.75, 3.05) is 5.32 Å². The van der Waals surface area contributed by atoms with Crippen LogP contribution in [0.1, 0.15) is 40.4 Å². The van der Waals surface area contributed by atoms with Crippen LogP contribution < -0.4 is 5.32 Å². The highest BCUT2D eigenvalue weighted by molar-refractivity contribution is 5.86. The molecule has 0 atom stereocenters. The van der Waals surface area contributed by atoms with Gasteiger partial charge in [0.2, 0.25) is 0 Å². The summed E-state index contributed by atoms with van der Waals surface area (Å²) in [6.07, 6.45) is 5.52. The maximum Gasteiger partial charge on any atom is 0.160 e. The number of nitrogens with zero attached hydrogens (tertiary/aromatic N) is 5. The first-order valence-electron chi connectivity index (χ1n) is 7.84. The summed E-state index contributed by atoms with van der Waals surface area (Å²) in [6, 6.07) is 0. The first-order valence-corrected chi connectivity index (χ1v) is 7.84. The Morgan fingerprint density at radius 1 is 1.22 bits per heavy atom. The van der Waals surface area contributed by atoms with Crippen molar-refractivity contribution in [1.29, 1.82) is 0 Å². The van der Waals surface area contributed by atoms with Gasteiger partial charge < -0.3 is 5.32 Å². The Morgan fingerprint density at radius 2 is 2.00 bits per heavy atom. The van der Waals surface area contributed by atoms with Crippen molar-refractivity contribution in [3.8, 4) is 0 Å². The van der Waals surface area contributed by atoms with Crippen LogP contribution in [0.4, 0.5) is 11.5 Å². The second kappa shape index (κ2) is 5.64. The predicted molar refractivity (Wildman–Crippen MR) is 90.7 cm³/mol. The van der Waals surface area contributed by atoms with E-state index >= 15 is 0 Å². The van der Waals surface area contributed by atoms with Crippen LogP contribution in [0.3, 0.4) is 0 Å². The summed E-state index contributed by atoms with van der Waals surface area (Å²) >= 11 is 0. The first-order chi connectivity index (χ1) is 10.8. The van der Waals surface area contributed by atoms with Crippen molar-refractivity contribution in [3.05, 3.63) is 24.4 Å². The molecule has 0 aromatic carbocycles. The van der Waals surface area contributed by atoms with Gasteiger partial charge in [0.1, 0.15) is 16.9 Å². The van der Waals surface area contributed by atoms with Gasteiger partial charge in [0, 0.05) is 18.2 Å². The second-order valence-corrected chi connectivity index (χ2v) is 7.25. The van der Waals surface area contributed by atoms with E-state index in [4.69, 9.17) is 0 Å².